The number of nitrogens with one attached hydrogen (secondary N) is 1. The van der Waals surface area contributed by atoms with Crippen LogP contribution in [0.1, 0.15) is 34.1 Å². The average Bonchev–Trinajstić information content (AvgIpc) is 2.01. The van der Waals surface area contributed by atoms with E-state index in [2.05, 4.69) is 52.0 Å². The molecule has 1 unspecified atom stereocenters. The molecule has 0 radical (unpaired) electrons. The van der Waals surface area contributed by atoms with Crippen LogP contribution in [-0.2, 0) is 0 Å². The summed E-state index contributed by atoms with van der Waals surface area (Å²) in [6, 6.07) is 0. The van der Waals surface area contributed by atoms with Gasteiger partial charge in [0.25, 0.3) is 0 Å². The first kappa shape index (κ1) is 13.9. The van der Waals surface area contributed by atoms with E-state index in [0.29, 0.717) is 5.41 Å². The zero-order valence-electron chi connectivity index (χ0n) is 10.9. The van der Waals surface area contributed by atoms with Gasteiger partial charge in [-0.1, -0.05) is 34.1 Å². The summed E-state index contributed by atoms with van der Waals surface area (Å²) in [6.07, 6.45) is 1.26. The van der Waals surface area contributed by atoms with Gasteiger partial charge in [0.1, 0.15) is 0 Å². The van der Waals surface area contributed by atoms with Crippen molar-refractivity contribution >= 4 is 0 Å². The summed E-state index contributed by atoms with van der Waals surface area (Å²) < 4.78 is 0. The zero-order valence-corrected chi connectivity index (χ0v) is 10.9. The molecule has 0 aliphatic rings. The Hall–Kier alpha value is -0.0800. The van der Waals surface area contributed by atoms with Gasteiger partial charge in [-0.25, -0.2) is 0 Å². The van der Waals surface area contributed by atoms with E-state index in [1.807, 2.05) is 0 Å². The molecule has 1 atom stereocenters. The lowest BCUT2D eigenvalue weighted by Crippen LogP contribution is -2.38. The lowest BCUT2D eigenvalue weighted by molar-refractivity contribution is 0.229. The quantitative estimate of drug-likeness (QED) is 0.678. The predicted molar refractivity (Wildman–Crippen MR) is 64.7 cm³/mol. The Balaban J connectivity index is 3.65. The molecule has 0 rings (SSSR count). The molecule has 0 amide bonds. The Bertz CT molecular complexity index is 141. The van der Waals surface area contributed by atoms with Gasteiger partial charge in [-0.2, -0.15) is 0 Å². The Morgan fingerprint density at radius 3 is 2.29 bits per heavy atom. The maximum absolute atomic E-state index is 3.56. The SMILES string of the molecule is CCC(C)CNCC(C)(C)CN(C)C. The monoisotopic (exact) mass is 200 g/mol. The Kier molecular flexibility index (Phi) is 6.38. The number of hydrogen-bond acceptors (Lipinski definition) is 2. The average molecular weight is 200 g/mol. The first-order valence-electron chi connectivity index (χ1n) is 5.73. The second kappa shape index (κ2) is 6.41. The largest absolute Gasteiger partial charge is 0.316 e. The van der Waals surface area contributed by atoms with Crippen molar-refractivity contribution in [3.63, 3.8) is 0 Å². The van der Waals surface area contributed by atoms with E-state index in [-0.39, 0.29) is 0 Å². The molecule has 0 aromatic rings. The standard InChI is InChI=1S/C12H28N2/c1-7-11(2)8-13-9-12(3,4)10-14(5)6/h11,13H,7-10H2,1-6H3. The minimum Gasteiger partial charge on any atom is -0.316 e. The second-order valence-electron chi connectivity index (χ2n) is 5.55. The fourth-order valence-electron chi connectivity index (χ4n) is 1.71. The van der Waals surface area contributed by atoms with Gasteiger partial charge < -0.3 is 10.2 Å². The van der Waals surface area contributed by atoms with Crippen LogP contribution in [0.15, 0.2) is 0 Å². The topological polar surface area (TPSA) is 15.3 Å². The molecule has 0 fully saturated rings. The zero-order chi connectivity index (χ0) is 11.2. The lowest BCUT2D eigenvalue weighted by atomic mass is 9.92. The minimum atomic E-state index is 0.372. The van der Waals surface area contributed by atoms with Crippen molar-refractivity contribution in [1.29, 1.82) is 0 Å². The minimum absolute atomic E-state index is 0.372. The number of hydrogen-bond donors (Lipinski definition) is 1. The van der Waals surface area contributed by atoms with Gasteiger partial charge in [0.2, 0.25) is 0 Å². The summed E-state index contributed by atoms with van der Waals surface area (Å²) in [7, 11) is 4.27. The van der Waals surface area contributed by atoms with Crippen LogP contribution in [0.2, 0.25) is 0 Å². The third kappa shape index (κ3) is 7.34. The molecule has 86 valence electrons. The summed E-state index contributed by atoms with van der Waals surface area (Å²) in [6.45, 7) is 12.6. The molecule has 2 nitrogen and oxygen atoms in total. The molecule has 0 aliphatic heterocycles. The summed E-state index contributed by atoms with van der Waals surface area (Å²) >= 11 is 0. The third-order valence-electron chi connectivity index (χ3n) is 2.54. The maximum Gasteiger partial charge on any atom is 0.00387 e. The molecular weight excluding hydrogens is 172 g/mol. The van der Waals surface area contributed by atoms with Gasteiger partial charge in [-0.15, -0.1) is 0 Å². The highest BCUT2D eigenvalue weighted by molar-refractivity contribution is 4.74. The number of nitrogens with zero attached hydrogens (tertiary/aromatic N) is 1. The van der Waals surface area contributed by atoms with Crippen molar-refractivity contribution in [2.45, 2.75) is 34.1 Å². The van der Waals surface area contributed by atoms with Crippen LogP contribution in [0.3, 0.4) is 0 Å². The van der Waals surface area contributed by atoms with E-state index in [0.717, 1.165) is 25.6 Å². The van der Waals surface area contributed by atoms with Crippen LogP contribution in [0.5, 0.6) is 0 Å². The van der Waals surface area contributed by atoms with Crippen molar-refractivity contribution in [2.24, 2.45) is 11.3 Å². The highest BCUT2D eigenvalue weighted by Crippen LogP contribution is 2.14. The molecule has 0 saturated carbocycles. The molecule has 0 aliphatic carbocycles. The van der Waals surface area contributed by atoms with Crippen LogP contribution in [0, 0.1) is 11.3 Å². The van der Waals surface area contributed by atoms with Gasteiger partial charge in [0.05, 0.1) is 0 Å². The summed E-state index contributed by atoms with van der Waals surface area (Å²) in [5.41, 5.74) is 0.372. The van der Waals surface area contributed by atoms with E-state index < -0.39 is 0 Å². The first-order chi connectivity index (χ1) is 6.37. The molecule has 1 N–H and O–H groups in total. The molecule has 0 saturated heterocycles. The van der Waals surface area contributed by atoms with Gasteiger partial charge in [0, 0.05) is 13.1 Å². The van der Waals surface area contributed by atoms with E-state index in [1.165, 1.54) is 6.42 Å². The van der Waals surface area contributed by atoms with E-state index >= 15 is 0 Å². The molecule has 0 aromatic heterocycles. The van der Waals surface area contributed by atoms with Gasteiger partial charge in [-0.3, -0.25) is 0 Å². The summed E-state index contributed by atoms with van der Waals surface area (Å²) in [4.78, 5) is 2.25. The van der Waals surface area contributed by atoms with Crippen molar-refractivity contribution in [3.8, 4) is 0 Å². The first-order valence-corrected chi connectivity index (χ1v) is 5.73. The summed E-state index contributed by atoms with van der Waals surface area (Å²) in [5, 5.41) is 3.56. The Morgan fingerprint density at radius 2 is 1.86 bits per heavy atom. The molecular formula is C12H28N2. The molecule has 0 aromatic carbocycles. The predicted octanol–water partition coefficient (Wildman–Crippen LogP) is 2.21. The summed E-state index contributed by atoms with van der Waals surface area (Å²) in [5.74, 6) is 0.796. The van der Waals surface area contributed by atoms with Gasteiger partial charge in [0.15, 0.2) is 0 Å². The number of rotatable bonds is 7. The van der Waals surface area contributed by atoms with E-state index in [1.54, 1.807) is 0 Å². The highest BCUT2D eigenvalue weighted by Gasteiger charge is 2.18. The van der Waals surface area contributed by atoms with Crippen LogP contribution >= 0.6 is 0 Å². The van der Waals surface area contributed by atoms with E-state index in [9.17, 15) is 0 Å². The lowest BCUT2D eigenvalue weighted by Gasteiger charge is -2.29. The second-order valence-corrected chi connectivity index (χ2v) is 5.55. The smallest absolute Gasteiger partial charge is 0.00387 e. The molecule has 0 bridgehead atoms. The fraction of sp³-hybridized carbons (Fsp3) is 1.00. The van der Waals surface area contributed by atoms with Crippen LogP contribution in [0.4, 0.5) is 0 Å². The molecule has 0 spiro atoms. The third-order valence-corrected chi connectivity index (χ3v) is 2.54. The van der Waals surface area contributed by atoms with Crippen molar-refractivity contribution < 1.29 is 0 Å². The Morgan fingerprint density at radius 1 is 1.29 bits per heavy atom. The molecule has 0 heterocycles. The maximum atomic E-state index is 3.56. The molecule has 2 heteroatoms. The van der Waals surface area contributed by atoms with Crippen LogP contribution in [-0.4, -0.2) is 38.6 Å². The van der Waals surface area contributed by atoms with Gasteiger partial charge >= 0.3 is 0 Å². The van der Waals surface area contributed by atoms with Gasteiger partial charge in [-0.05, 0) is 32.0 Å². The van der Waals surface area contributed by atoms with E-state index in [4.69, 9.17) is 0 Å². The van der Waals surface area contributed by atoms with Crippen molar-refractivity contribution in [2.75, 3.05) is 33.7 Å². The van der Waals surface area contributed by atoms with Crippen molar-refractivity contribution in [1.82, 2.24) is 10.2 Å². The fourth-order valence-corrected chi connectivity index (χ4v) is 1.71. The normalized spacial score (nSPS) is 14.8. The highest BCUT2D eigenvalue weighted by atomic mass is 15.1. The Labute approximate surface area is 90.1 Å². The van der Waals surface area contributed by atoms with Crippen molar-refractivity contribution in [3.05, 3.63) is 0 Å². The van der Waals surface area contributed by atoms with Crippen LogP contribution in [0.25, 0.3) is 0 Å². The molecule has 14 heavy (non-hydrogen) atoms. The van der Waals surface area contributed by atoms with Crippen LogP contribution < -0.4 is 5.32 Å².